The maximum atomic E-state index is 11.6. The largest absolute Gasteiger partial charge is 0.481 e. The highest BCUT2D eigenvalue weighted by molar-refractivity contribution is 5.85. The zero-order chi connectivity index (χ0) is 17.6. The molecule has 1 heterocycles. The van der Waals surface area contributed by atoms with Crippen LogP contribution in [0.15, 0.2) is 42.5 Å². The molecule has 3 rings (SSSR count). The Bertz CT molecular complexity index is 714. The number of carboxylic acids is 1. The lowest BCUT2D eigenvalue weighted by atomic mass is 9.81. The van der Waals surface area contributed by atoms with Crippen LogP contribution in [0.1, 0.15) is 44.6 Å². The molecule has 0 aromatic heterocycles. The second kappa shape index (κ2) is 11.5. The molecule has 0 bridgehead atoms. The molecule has 150 valence electrons. The minimum absolute atomic E-state index is 0. The van der Waals surface area contributed by atoms with Gasteiger partial charge in [-0.15, -0.1) is 24.8 Å². The number of carbonyl (C=O) groups is 1. The summed E-state index contributed by atoms with van der Waals surface area (Å²) in [5.41, 5.74) is 1.35. The van der Waals surface area contributed by atoms with Gasteiger partial charge in [0.1, 0.15) is 0 Å². The molecule has 1 fully saturated rings. The van der Waals surface area contributed by atoms with Gasteiger partial charge in [0.05, 0.1) is 5.92 Å². The second-order valence-corrected chi connectivity index (χ2v) is 7.38. The lowest BCUT2D eigenvalue weighted by Crippen LogP contribution is -2.37. The highest BCUT2D eigenvalue weighted by Crippen LogP contribution is 2.30. The van der Waals surface area contributed by atoms with Crippen LogP contribution >= 0.6 is 24.8 Å². The van der Waals surface area contributed by atoms with Crippen LogP contribution in [0.5, 0.6) is 0 Å². The minimum atomic E-state index is -0.596. The minimum Gasteiger partial charge on any atom is -0.481 e. The number of rotatable bonds is 7. The first-order valence-electron chi connectivity index (χ1n) is 9.60. The molecule has 1 aliphatic heterocycles. The van der Waals surface area contributed by atoms with Gasteiger partial charge in [-0.3, -0.25) is 9.69 Å². The maximum absolute atomic E-state index is 11.6. The van der Waals surface area contributed by atoms with Gasteiger partial charge in [0.2, 0.25) is 0 Å². The zero-order valence-electron chi connectivity index (χ0n) is 16.0. The number of hydrogen-bond donors (Lipinski definition) is 1. The van der Waals surface area contributed by atoms with Gasteiger partial charge in [-0.2, -0.15) is 0 Å². The van der Waals surface area contributed by atoms with Gasteiger partial charge in [0, 0.05) is 6.54 Å². The van der Waals surface area contributed by atoms with Crippen LogP contribution in [0.25, 0.3) is 10.8 Å². The standard InChI is InChI=1S/C22H29NO2.2ClH/c1-2-3-8-21(22(24)25)19-11-13-23(14-12-19)16-17-9-10-18-6-4-5-7-20(18)15-17;;/h4-7,9-10,15,19,21H,2-3,8,11-14,16H2,1H3,(H,24,25);2*1H. The summed E-state index contributed by atoms with van der Waals surface area (Å²) < 4.78 is 0. The van der Waals surface area contributed by atoms with Gasteiger partial charge < -0.3 is 5.11 Å². The van der Waals surface area contributed by atoms with Crippen molar-refractivity contribution in [2.24, 2.45) is 11.8 Å². The highest BCUT2D eigenvalue weighted by Gasteiger charge is 2.30. The molecule has 1 atom stereocenters. The Balaban J connectivity index is 0.00000182. The summed E-state index contributed by atoms with van der Waals surface area (Å²) in [6.45, 7) is 5.11. The van der Waals surface area contributed by atoms with E-state index in [9.17, 15) is 9.90 Å². The average molecular weight is 412 g/mol. The molecule has 5 heteroatoms. The fourth-order valence-corrected chi connectivity index (χ4v) is 4.09. The summed E-state index contributed by atoms with van der Waals surface area (Å²) in [5, 5.41) is 12.1. The second-order valence-electron chi connectivity index (χ2n) is 7.38. The molecule has 2 aromatic rings. The number of likely N-dealkylation sites (tertiary alicyclic amines) is 1. The van der Waals surface area contributed by atoms with Crippen molar-refractivity contribution in [1.82, 2.24) is 4.90 Å². The summed E-state index contributed by atoms with van der Waals surface area (Å²) in [6, 6.07) is 15.2. The molecule has 0 spiro atoms. The van der Waals surface area contributed by atoms with Gasteiger partial charge in [-0.25, -0.2) is 0 Å². The molecule has 3 nitrogen and oxygen atoms in total. The molecule has 2 aromatic carbocycles. The Morgan fingerprint density at radius 1 is 1.11 bits per heavy atom. The quantitative estimate of drug-likeness (QED) is 0.626. The maximum Gasteiger partial charge on any atom is 0.306 e. The summed E-state index contributed by atoms with van der Waals surface area (Å²) in [6.07, 6.45) is 4.95. The molecule has 27 heavy (non-hydrogen) atoms. The Kier molecular flexibility index (Phi) is 10.1. The monoisotopic (exact) mass is 411 g/mol. The number of carboxylic acid groups (broad SMARTS) is 1. The summed E-state index contributed by atoms with van der Waals surface area (Å²) >= 11 is 0. The SMILES string of the molecule is CCCCC(C(=O)O)C1CCN(Cc2ccc3ccccc3c2)CC1.Cl.Cl. The first-order valence-corrected chi connectivity index (χ1v) is 9.60. The molecule has 0 aliphatic carbocycles. The third-order valence-corrected chi connectivity index (χ3v) is 5.61. The van der Waals surface area contributed by atoms with E-state index in [1.807, 2.05) is 0 Å². The topological polar surface area (TPSA) is 40.5 Å². The summed E-state index contributed by atoms with van der Waals surface area (Å²) in [7, 11) is 0. The van der Waals surface area contributed by atoms with E-state index in [-0.39, 0.29) is 30.7 Å². The van der Waals surface area contributed by atoms with Crippen molar-refractivity contribution < 1.29 is 9.90 Å². The molecule has 1 unspecified atom stereocenters. The first kappa shape index (κ1) is 23.7. The van der Waals surface area contributed by atoms with Crippen LogP contribution in [0.3, 0.4) is 0 Å². The van der Waals surface area contributed by atoms with E-state index in [2.05, 4.69) is 54.3 Å². The predicted molar refractivity (Wildman–Crippen MR) is 117 cm³/mol. The summed E-state index contributed by atoms with van der Waals surface area (Å²) in [4.78, 5) is 14.1. The number of hydrogen-bond acceptors (Lipinski definition) is 2. The normalized spacial score (nSPS) is 16.3. The molecule has 0 saturated carbocycles. The van der Waals surface area contributed by atoms with E-state index in [0.717, 1.165) is 51.7 Å². The lowest BCUT2D eigenvalue weighted by molar-refractivity contribution is -0.144. The van der Waals surface area contributed by atoms with E-state index in [0.29, 0.717) is 5.92 Å². The number of nitrogens with zero attached hydrogens (tertiary/aromatic N) is 1. The number of piperidine rings is 1. The lowest BCUT2D eigenvalue weighted by Gasteiger charge is -2.34. The van der Waals surface area contributed by atoms with Gasteiger partial charge in [-0.05, 0) is 60.7 Å². The van der Waals surface area contributed by atoms with Crippen LogP contribution in [0.4, 0.5) is 0 Å². The van der Waals surface area contributed by atoms with Gasteiger partial charge in [0.15, 0.2) is 0 Å². The van der Waals surface area contributed by atoms with Gasteiger partial charge in [-0.1, -0.05) is 56.2 Å². The Labute approximate surface area is 175 Å². The van der Waals surface area contributed by atoms with E-state index in [1.54, 1.807) is 0 Å². The van der Waals surface area contributed by atoms with Crippen LogP contribution in [0.2, 0.25) is 0 Å². The van der Waals surface area contributed by atoms with Crippen LogP contribution in [0, 0.1) is 11.8 Å². The van der Waals surface area contributed by atoms with Crippen molar-refractivity contribution in [3.05, 3.63) is 48.0 Å². The highest BCUT2D eigenvalue weighted by atomic mass is 35.5. The van der Waals surface area contributed by atoms with Gasteiger partial charge in [0.25, 0.3) is 0 Å². The van der Waals surface area contributed by atoms with Crippen LogP contribution in [-0.2, 0) is 11.3 Å². The van der Waals surface area contributed by atoms with Crippen LogP contribution in [-0.4, -0.2) is 29.1 Å². The van der Waals surface area contributed by atoms with Crippen LogP contribution < -0.4 is 0 Å². The molecule has 1 saturated heterocycles. The molecule has 0 amide bonds. The molecule has 0 radical (unpaired) electrons. The predicted octanol–water partition coefficient (Wildman–Crippen LogP) is 5.79. The van der Waals surface area contributed by atoms with Crippen molar-refractivity contribution >= 4 is 41.6 Å². The zero-order valence-corrected chi connectivity index (χ0v) is 17.6. The molecular weight excluding hydrogens is 381 g/mol. The Hall–Kier alpha value is -1.29. The Morgan fingerprint density at radius 3 is 2.41 bits per heavy atom. The van der Waals surface area contributed by atoms with Crippen molar-refractivity contribution in [2.45, 2.75) is 45.6 Å². The summed E-state index contributed by atoms with van der Waals surface area (Å²) in [5.74, 6) is -0.402. The molecular formula is C22H31Cl2NO2. The number of unbranched alkanes of at least 4 members (excludes halogenated alkanes) is 1. The fourth-order valence-electron chi connectivity index (χ4n) is 4.09. The van der Waals surface area contributed by atoms with E-state index in [4.69, 9.17) is 0 Å². The van der Waals surface area contributed by atoms with E-state index < -0.39 is 5.97 Å². The Morgan fingerprint density at radius 2 is 1.78 bits per heavy atom. The first-order chi connectivity index (χ1) is 12.2. The third kappa shape index (κ3) is 6.38. The van der Waals surface area contributed by atoms with E-state index >= 15 is 0 Å². The number of aliphatic carboxylic acids is 1. The average Bonchev–Trinajstić information content (AvgIpc) is 2.63. The van der Waals surface area contributed by atoms with E-state index in [1.165, 1.54) is 16.3 Å². The van der Waals surface area contributed by atoms with Crippen molar-refractivity contribution in [2.75, 3.05) is 13.1 Å². The van der Waals surface area contributed by atoms with Crippen molar-refractivity contribution in [1.29, 1.82) is 0 Å². The van der Waals surface area contributed by atoms with Gasteiger partial charge >= 0.3 is 5.97 Å². The van der Waals surface area contributed by atoms with Crippen molar-refractivity contribution in [3.8, 4) is 0 Å². The third-order valence-electron chi connectivity index (χ3n) is 5.61. The number of fused-ring (bicyclic) bond motifs is 1. The smallest absolute Gasteiger partial charge is 0.306 e. The molecule has 1 N–H and O–H groups in total. The number of halogens is 2. The van der Waals surface area contributed by atoms with Crippen molar-refractivity contribution in [3.63, 3.8) is 0 Å². The fraction of sp³-hybridized carbons (Fsp3) is 0.500. The molecule has 1 aliphatic rings. The number of benzene rings is 2.